The Bertz CT molecular complexity index is 1320. The summed E-state index contributed by atoms with van der Waals surface area (Å²) in [7, 11) is 0. The average molecular weight is 526 g/mol. The minimum Gasteiger partial charge on any atom is -0.368 e. The van der Waals surface area contributed by atoms with Crippen molar-refractivity contribution in [2.75, 3.05) is 42.5 Å². The highest BCUT2D eigenvalue weighted by molar-refractivity contribution is 8.26. The van der Waals surface area contributed by atoms with E-state index >= 15 is 0 Å². The molecule has 4 rings (SSSR count). The molecular weight excluding hydrogens is 497 g/mol. The Balaban J connectivity index is 1.76. The van der Waals surface area contributed by atoms with E-state index < -0.39 is 0 Å². The number of pyridine rings is 1. The largest absolute Gasteiger partial charge is 0.368 e. The number of nitriles is 1. The van der Waals surface area contributed by atoms with Crippen LogP contribution >= 0.6 is 24.0 Å². The number of piperazine rings is 1. The number of halogens is 1. The fourth-order valence-corrected chi connectivity index (χ4v) is 5.94. The Morgan fingerprint density at radius 1 is 1.11 bits per heavy atom. The number of carbonyl (C=O) groups excluding carboxylic acids is 1. The second-order valence-electron chi connectivity index (χ2n) is 8.68. The first-order chi connectivity index (χ1) is 17.3. The third-order valence-electron chi connectivity index (χ3n) is 6.53. The van der Waals surface area contributed by atoms with Crippen LogP contribution in [0.15, 0.2) is 34.0 Å². The zero-order valence-electron chi connectivity index (χ0n) is 20.6. The number of nitrogens with zero attached hydrogens (tertiary/aromatic N) is 5. The normalized spacial score (nSPS) is 17.3. The van der Waals surface area contributed by atoms with Gasteiger partial charge in [-0.25, -0.2) is 4.39 Å². The lowest BCUT2D eigenvalue weighted by atomic mass is 10.0. The number of hydrogen-bond acceptors (Lipinski definition) is 7. The lowest BCUT2D eigenvalue weighted by molar-refractivity contribution is -0.122. The molecule has 10 heteroatoms. The molecule has 0 unspecified atom stereocenters. The van der Waals surface area contributed by atoms with Gasteiger partial charge in [-0.05, 0) is 56.2 Å². The molecule has 2 aromatic rings. The summed E-state index contributed by atoms with van der Waals surface area (Å²) in [5, 5.41) is 9.76. The number of amides is 1. The Morgan fingerprint density at radius 3 is 2.33 bits per heavy atom. The maximum atomic E-state index is 13.4. The molecule has 0 radical (unpaired) electrons. The summed E-state index contributed by atoms with van der Waals surface area (Å²) in [6.45, 7) is 9.18. The molecule has 2 saturated heterocycles. The number of benzene rings is 1. The summed E-state index contributed by atoms with van der Waals surface area (Å²) in [6, 6.07) is 8.50. The Labute approximate surface area is 219 Å². The molecule has 0 atom stereocenters. The number of thioether (sulfide) groups is 1. The molecule has 1 aromatic carbocycles. The van der Waals surface area contributed by atoms with E-state index in [1.807, 2.05) is 13.8 Å². The molecule has 36 heavy (non-hydrogen) atoms. The molecule has 7 nitrogen and oxygen atoms in total. The van der Waals surface area contributed by atoms with Crippen molar-refractivity contribution in [2.45, 2.75) is 33.7 Å². The van der Waals surface area contributed by atoms with Crippen molar-refractivity contribution in [1.29, 1.82) is 5.26 Å². The maximum absolute atomic E-state index is 13.4. The van der Waals surface area contributed by atoms with Gasteiger partial charge in [0.05, 0.1) is 4.91 Å². The molecule has 3 heterocycles. The lowest BCUT2D eigenvalue weighted by Gasteiger charge is -2.39. The molecule has 2 fully saturated rings. The molecule has 0 saturated carbocycles. The molecule has 2 aliphatic heterocycles. The molecule has 0 aliphatic carbocycles. The smallest absolute Gasteiger partial charge is 0.270 e. The Morgan fingerprint density at radius 2 is 1.75 bits per heavy atom. The number of anilines is 2. The highest BCUT2D eigenvalue weighted by atomic mass is 32.2. The van der Waals surface area contributed by atoms with Crippen molar-refractivity contribution in [3.05, 3.63) is 62.0 Å². The standard InChI is InChI=1S/C26H28FN5O2S2/c1-4-10-32-25(34)22(36-26(32)35)15-20-17(3)21(16-28)24(33)31(5-2)23(20)30-13-11-29(12-14-30)19-8-6-18(27)7-9-19/h6-9,15H,4-5,10-14H2,1-3H3/b22-15+. The molecule has 1 aromatic heterocycles. The van der Waals surface area contributed by atoms with Crippen LogP contribution in [-0.2, 0) is 11.3 Å². The maximum Gasteiger partial charge on any atom is 0.270 e. The summed E-state index contributed by atoms with van der Waals surface area (Å²) in [5.74, 6) is 0.288. The topological polar surface area (TPSA) is 72.6 Å². The summed E-state index contributed by atoms with van der Waals surface area (Å²) < 4.78 is 15.5. The predicted octanol–water partition coefficient (Wildman–Crippen LogP) is 4.13. The van der Waals surface area contributed by atoms with Gasteiger partial charge in [0.1, 0.15) is 27.6 Å². The van der Waals surface area contributed by atoms with E-state index in [2.05, 4.69) is 15.9 Å². The minimum absolute atomic E-state index is 0.0841. The Kier molecular flexibility index (Phi) is 7.81. The van der Waals surface area contributed by atoms with Gasteiger partial charge in [0.25, 0.3) is 11.5 Å². The van der Waals surface area contributed by atoms with Crippen LogP contribution in [0.25, 0.3) is 6.08 Å². The second-order valence-corrected chi connectivity index (χ2v) is 10.4. The SMILES string of the molecule is CCCN1C(=O)/C(=C\c2c(C)c(C#N)c(=O)n(CC)c2N2CCN(c3ccc(F)cc3)CC2)SC1=S. The van der Waals surface area contributed by atoms with Crippen molar-refractivity contribution >= 4 is 51.8 Å². The van der Waals surface area contributed by atoms with E-state index in [4.69, 9.17) is 12.2 Å². The van der Waals surface area contributed by atoms with Crippen LogP contribution in [0, 0.1) is 24.1 Å². The third-order valence-corrected chi connectivity index (χ3v) is 7.91. The van der Waals surface area contributed by atoms with Crippen LogP contribution in [0.4, 0.5) is 15.9 Å². The zero-order valence-corrected chi connectivity index (χ0v) is 22.2. The molecular formula is C26H28FN5O2S2. The van der Waals surface area contributed by atoms with Gasteiger partial charge in [-0.3, -0.25) is 19.1 Å². The summed E-state index contributed by atoms with van der Waals surface area (Å²) in [5.41, 5.74) is 1.95. The van der Waals surface area contributed by atoms with Crippen molar-refractivity contribution in [3.63, 3.8) is 0 Å². The van der Waals surface area contributed by atoms with Crippen molar-refractivity contribution in [3.8, 4) is 6.07 Å². The van der Waals surface area contributed by atoms with Gasteiger partial charge in [-0.1, -0.05) is 30.9 Å². The summed E-state index contributed by atoms with van der Waals surface area (Å²) in [6.07, 6.45) is 2.58. The fraction of sp³-hybridized carbons (Fsp3) is 0.385. The zero-order chi connectivity index (χ0) is 26.0. The van der Waals surface area contributed by atoms with Gasteiger partial charge in [-0.2, -0.15) is 5.26 Å². The predicted molar refractivity (Wildman–Crippen MR) is 147 cm³/mol. The van der Waals surface area contributed by atoms with E-state index in [0.29, 0.717) is 65.4 Å². The number of carbonyl (C=O) groups is 1. The quantitative estimate of drug-likeness (QED) is 0.415. The first-order valence-electron chi connectivity index (χ1n) is 12.0. The van der Waals surface area contributed by atoms with Gasteiger partial charge < -0.3 is 9.80 Å². The van der Waals surface area contributed by atoms with E-state index in [0.717, 1.165) is 12.1 Å². The van der Waals surface area contributed by atoms with E-state index in [-0.39, 0.29) is 22.8 Å². The first-order valence-corrected chi connectivity index (χ1v) is 13.2. The van der Waals surface area contributed by atoms with Gasteiger partial charge in [-0.15, -0.1) is 0 Å². The lowest BCUT2D eigenvalue weighted by Crippen LogP contribution is -2.48. The molecule has 188 valence electrons. The van der Waals surface area contributed by atoms with Crippen molar-refractivity contribution in [2.24, 2.45) is 0 Å². The van der Waals surface area contributed by atoms with Gasteiger partial charge >= 0.3 is 0 Å². The van der Waals surface area contributed by atoms with Crippen molar-refractivity contribution < 1.29 is 9.18 Å². The second kappa shape index (κ2) is 10.8. The van der Waals surface area contributed by atoms with Gasteiger partial charge in [0.2, 0.25) is 0 Å². The molecule has 1 amide bonds. The van der Waals surface area contributed by atoms with E-state index in [9.17, 15) is 19.2 Å². The van der Waals surface area contributed by atoms with Crippen LogP contribution in [0.5, 0.6) is 0 Å². The fourth-order valence-electron chi connectivity index (χ4n) is 4.65. The van der Waals surface area contributed by atoms with Crippen molar-refractivity contribution in [1.82, 2.24) is 9.47 Å². The van der Waals surface area contributed by atoms with E-state index in [1.54, 1.807) is 34.6 Å². The highest BCUT2D eigenvalue weighted by Gasteiger charge is 2.33. The third kappa shape index (κ3) is 4.77. The molecule has 0 N–H and O–H groups in total. The van der Waals surface area contributed by atoms with Crippen LogP contribution in [0.1, 0.15) is 37.0 Å². The molecule has 0 spiro atoms. The summed E-state index contributed by atoms with van der Waals surface area (Å²) >= 11 is 6.68. The van der Waals surface area contributed by atoms with Crippen LogP contribution < -0.4 is 15.4 Å². The molecule has 2 aliphatic rings. The minimum atomic E-state index is -0.329. The van der Waals surface area contributed by atoms with E-state index in [1.165, 1.54) is 23.9 Å². The van der Waals surface area contributed by atoms with Crippen LogP contribution in [0.3, 0.4) is 0 Å². The first kappa shape index (κ1) is 25.9. The number of rotatable bonds is 6. The van der Waals surface area contributed by atoms with Crippen LogP contribution in [-0.4, -0.2) is 52.4 Å². The molecule has 0 bridgehead atoms. The number of hydrogen-bond donors (Lipinski definition) is 0. The van der Waals surface area contributed by atoms with Crippen LogP contribution in [0.2, 0.25) is 0 Å². The summed E-state index contributed by atoms with van der Waals surface area (Å²) in [4.78, 5) is 32.7. The van der Waals surface area contributed by atoms with Gasteiger partial charge in [0, 0.05) is 50.5 Å². The monoisotopic (exact) mass is 525 g/mol. The number of aromatic nitrogens is 1. The highest BCUT2D eigenvalue weighted by Crippen LogP contribution is 2.36. The average Bonchev–Trinajstić information content (AvgIpc) is 3.14. The Hall–Kier alpha value is -3.16. The van der Waals surface area contributed by atoms with Gasteiger partial charge in [0.15, 0.2) is 0 Å². The number of thiocarbonyl (C=S) groups is 1.